The Morgan fingerprint density at radius 3 is 2.18 bits per heavy atom. The second-order valence-electron chi connectivity index (χ2n) is 8.74. The summed E-state index contributed by atoms with van der Waals surface area (Å²) in [6.07, 6.45) is -0.00697. The van der Waals surface area contributed by atoms with E-state index in [9.17, 15) is 19.8 Å². The molecule has 1 unspecified atom stereocenters. The minimum absolute atomic E-state index is 0.00630. The smallest absolute Gasteiger partial charge is 0.300 e. The van der Waals surface area contributed by atoms with Crippen LogP contribution in [0.25, 0.3) is 5.76 Å². The zero-order valence-corrected chi connectivity index (χ0v) is 19.6. The van der Waals surface area contributed by atoms with E-state index < -0.39 is 17.7 Å². The SMILES string of the molecule is Cc1ccc(N2C(=O)C(=O)/C(=C(\O)c3ccc(OC(C)C)c(C)c3)C2c2ccc(O)cc2)cc1. The number of phenols is 1. The van der Waals surface area contributed by atoms with Gasteiger partial charge in [0.05, 0.1) is 17.7 Å². The van der Waals surface area contributed by atoms with Crippen molar-refractivity contribution in [2.24, 2.45) is 0 Å². The lowest BCUT2D eigenvalue weighted by Crippen LogP contribution is -2.29. The Kier molecular flexibility index (Phi) is 6.16. The van der Waals surface area contributed by atoms with Crippen molar-refractivity contribution in [1.82, 2.24) is 0 Å². The van der Waals surface area contributed by atoms with Gasteiger partial charge in [-0.3, -0.25) is 14.5 Å². The molecule has 2 N–H and O–H groups in total. The molecule has 1 aliphatic heterocycles. The van der Waals surface area contributed by atoms with E-state index in [2.05, 4.69) is 0 Å². The summed E-state index contributed by atoms with van der Waals surface area (Å²) in [5, 5.41) is 21.1. The van der Waals surface area contributed by atoms with E-state index in [0.717, 1.165) is 11.1 Å². The number of nitrogens with zero attached hydrogens (tertiary/aromatic N) is 1. The number of hydrogen-bond acceptors (Lipinski definition) is 5. The maximum absolute atomic E-state index is 13.2. The molecule has 0 aromatic heterocycles. The van der Waals surface area contributed by atoms with Crippen molar-refractivity contribution >= 4 is 23.1 Å². The predicted octanol–water partition coefficient (Wildman–Crippen LogP) is 5.42. The topological polar surface area (TPSA) is 87.1 Å². The van der Waals surface area contributed by atoms with Crippen LogP contribution in [0, 0.1) is 13.8 Å². The standard InChI is InChI=1S/C28H27NO5/c1-16(2)34-23-14-9-20(15-18(23)4)26(31)24-25(19-7-12-22(30)13-8-19)29(28(33)27(24)32)21-10-5-17(3)6-11-21/h5-16,25,30-31H,1-4H3/b26-24-. The van der Waals surface area contributed by atoms with Crippen molar-refractivity contribution in [3.05, 3.63) is 94.6 Å². The van der Waals surface area contributed by atoms with E-state index in [1.54, 1.807) is 42.5 Å². The minimum Gasteiger partial charge on any atom is -0.508 e. The van der Waals surface area contributed by atoms with Crippen molar-refractivity contribution in [2.75, 3.05) is 4.90 Å². The van der Waals surface area contributed by atoms with Crippen molar-refractivity contribution in [3.8, 4) is 11.5 Å². The normalized spacial score (nSPS) is 17.4. The van der Waals surface area contributed by atoms with Gasteiger partial charge >= 0.3 is 0 Å². The second-order valence-corrected chi connectivity index (χ2v) is 8.74. The molecule has 0 aliphatic carbocycles. The molecule has 1 aliphatic rings. The lowest BCUT2D eigenvalue weighted by Gasteiger charge is -2.25. The third-order valence-electron chi connectivity index (χ3n) is 5.78. The molecule has 6 heteroatoms. The number of aryl methyl sites for hydroxylation is 2. The van der Waals surface area contributed by atoms with Gasteiger partial charge in [0.1, 0.15) is 17.3 Å². The van der Waals surface area contributed by atoms with E-state index >= 15 is 0 Å². The average Bonchev–Trinajstić information content (AvgIpc) is 3.06. The Balaban J connectivity index is 1.88. The molecule has 1 atom stereocenters. The van der Waals surface area contributed by atoms with Crippen molar-refractivity contribution < 1.29 is 24.5 Å². The fraction of sp³-hybridized carbons (Fsp3) is 0.214. The largest absolute Gasteiger partial charge is 0.508 e. The molecule has 1 heterocycles. The van der Waals surface area contributed by atoms with Gasteiger partial charge in [-0.2, -0.15) is 0 Å². The summed E-state index contributed by atoms with van der Waals surface area (Å²) in [7, 11) is 0. The highest BCUT2D eigenvalue weighted by Crippen LogP contribution is 2.42. The summed E-state index contributed by atoms with van der Waals surface area (Å²) in [4.78, 5) is 27.8. The highest BCUT2D eigenvalue weighted by molar-refractivity contribution is 6.51. The van der Waals surface area contributed by atoms with Gasteiger partial charge in [-0.05, 0) is 81.3 Å². The van der Waals surface area contributed by atoms with E-state index in [-0.39, 0.29) is 23.2 Å². The highest BCUT2D eigenvalue weighted by atomic mass is 16.5. The summed E-state index contributed by atoms with van der Waals surface area (Å²) in [5.74, 6) is -1.00. The molecule has 1 fully saturated rings. The van der Waals surface area contributed by atoms with Crippen LogP contribution in [0.1, 0.15) is 42.1 Å². The van der Waals surface area contributed by atoms with Gasteiger partial charge in [-0.15, -0.1) is 0 Å². The van der Waals surface area contributed by atoms with Gasteiger partial charge in [0, 0.05) is 11.3 Å². The fourth-order valence-electron chi connectivity index (χ4n) is 4.11. The van der Waals surface area contributed by atoms with Crippen LogP contribution < -0.4 is 9.64 Å². The number of aliphatic hydroxyl groups excluding tert-OH is 1. The molecule has 34 heavy (non-hydrogen) atoms. The van der Waals surface area contributed by atoms with Gasteiger partial charge in [-0.25, -0.2) is 0 Å². The first-order valence-electron chi connectivity index (χ1n) is 11.1. The number of aromatic hydroxyl groups is 1. The predicted molar refractivity (Wildman–Crippen MR) is 131 cm³/mol. The molecule has 1 saturated heterocycles. The van der Waals surface area contributed by atoms with E-state index in [1.165, 1.54) is 17.0 Å². The quantitative estimate of drug-likeness (QED) is 0.303. The number of ketones is 1. The molecule has 3 aromatic carbocycles. The number of carbonyl (C=O) groups is 2. The van der Waals surface area contributed by atoms with Crippen LogP contribution in [-0.2, 0) is 9.59 Å². The molecule has 1 amide bonds. The number of aliphatic hydroxyl groups is 1. The maximum atomic E-state index is 13.2. The monoisotopic (exact) mass is 457 g/mol. The molecule has 0 spiro atoms. The van der Waals surface area contributed by atoms with Gasteiger partial charge < -0.3 is 14.9 Å². The number of rotatable bonds is 5. The first kappa shape index (κ1) is 23.1. The Morgan fingerprint density at radius 1 is 0.941 bits per heavy atom. The number of hydrogen-bond donors (Lipinski definition) is 2. The van der Waals surface area contributed by atoms with Gasteiger partial charge in [0.25, 0.3) is 11.7 Å². The summed E-state index contributed by atoms with van der Waals surface area (Å²) >= 11 is 0. The van der Waals surface area contributed by atoms with Gasteiger partial charge in [0.2, 0.25) is 0 Å². The lowest BCUT2D eigenvalue weighted by molar-refractivity contribution is -0.132. The number of phenolic OH excluding ortho intramolecular Hbond substituents is 1. The number of benzene rings is 3. The average molecular weight is 458 g/mol. The van der Waals surface area contributed by atoms with Crippen LogP contribution in [0.5, 0.6) is 11.5 Å². The molecule has 0 saturated carbocycles. The Morgan fingerprint density at radius 2 is 1.59 bits per heavy atom. The van der Waals surface area contributed by atoms with Gasteiger partial charge in [0.15, 0.2) is 0 Å². The molecule has 0 bridgehead atoms. The third-order valence-corrected chi connectivity index (χ3v) is 5.78. The van der Waals surface area contributed by atoms with Gasteiger partial charge in [-0.1, -0.05) is 29.8 Å². The van der Waals surface area contributed by atoms with Crippen molar-refractivity contribution in [1.29, 1.82) is 0 Å². The fourth-order valence-corrected chi connectivity index (χ4v) is 4.11. The first-order chi connectivity index (χ1) is 16.2. The van der Waals surface area contributed by atoms with Crippen LogP contribution >= 0.6 is 0 Å². The van der Waals surface area contributed by atoms with Crippen LogP contribution in [0.4, 0.5) is 5.69 Å². The lowest BCUT2D eigenvalue weighted by atomic mass is 9.94. The number of Topliss-reactive ketones (excluding diaryl/α,β-unsaturated/α-hetero) is 1. The molecule has 0 radical (unpaired) electrons. The Labute approximate surface area is 198 Å². The second kappa shape index (κ2) is 9.06. The minimum atomic E-state index is -0.852. The summed E-state index contributed by atoms with van der Waals surface area (Å²) < 4.78 is 5.78. The van der Waals surface area contributed by atoms with Crippen LogP contribution in [0.15, 0.2) is 72.3 Å². The zero-order chi connectivity index (χ0) is 24.6. The molecule has 4 rings (SSSR count). The van der Waals surface area contributed by atoms with E-state index in [4.69, 9.17) is 4.74 Å². The van der Waals surface area contributed by atoms with Crippen LogP contribution in [-0.4, -0.2) is 28.0 Å². The highest BCUT2D eigenvalue weighted by Gasteiger charge is 2.47. The van der Waals surface area contributed by atoms with Crippen LogP contribution in [0.3, 0.4) is 0 Å². The molecule has 6 nitrogen and oxygen atoms in total. The summed E-state index contributed by atoms with van der Waals surface area (Å²) in [6.45, 7) is 7.65. The van der Waals surface area contributed by atoms with Crippen molar-refractivity contribution in [2.45, 2.75) is 39.8 Å². The number of anilines is 1. The number of ether oxygens (including phenoxy) is 1. The molecular weight excluding hydrogens is 430 g/mol. The summed E-state index contributed by atoms with van der Waals surface area (Å²) in [5.41, 5.74) is 3.36. The summed E-state index contributed by atoms with van der Waals surface area (Å²) in [6, 6.07) is 17.8. The molecule has 174 valence electrons. The Hall–Kier alpha value is -4.06. The Bertz CT molecular complexity index is 1270. The molecule has 3 aromatic rings. The number of amides is 1. The van der Waals surface area contributed by atoms with Crippen molar-refractivity contribution in [3.63, 3.8) is 0 Å². The first-order valence-corrected chi connectivity index (χ1v) is 11.1. The number of carbonyl (C=O) groups excluding carboxylic acids is 2. The maximum Gasteiger partial charge on any atom is 0.300 e. The van der Waals surface area contributed by atoms with E-state index in [1.807, 2.05) is 39.8 Å². The zero-order valence-electron chi connectivity index (χ0n) is 19.6. The third kappa shape index (κ3) is 4.27. The van der Waals surface area contributed by atoms with Crippen LogP contribution in [0.2, 0.25) is 0 Å². The molecular formula is C28H27NO5. The van der Waals surface area contributed by atoms with E-state index in [0.29, 0.717) is 22.6 Å².